The second kappa shape index (κ2) is 12.3. The Morgan fingerprint density at radius 3 is 1.60 bits per heavy atom. The molecule has 0 N–H and O–H groups in total. The van der Waals surface area contributed by atoms with E-state index < -0.39 is 0 Å². The van der Waals surface area contributed by atoms with Gasteiger partial charge in [-0.15, -0.1) is 6.07 Å². The Morgan fingerprint density at radius 1 is 0.404 bits per heavy atom. The third-order valence-electron chi connectivity index (χ3n) is 9.07. The molecular formula is C45H27NY-2. The zero-order valence-electron chi connectivity index (χ0n) is 25.6. The molecule has 9 aromatic rings. The van der Waals surface area contributed by atoms with Crippen LogP contribution >= 0.6 is 0 Å². The van der Waals surface area contributed by atoms with Crippen molar-refractivity contribution in [2.45, 2.75) is 0 Å². The van der Waals surface area contributed by atoms with Gasteiger partial charge in [0.15, 0.2) is 0 Å². The minimum Gasteiger partial charge on any atom is -0.288 e. The summed E-state index contributed by atoms with van der Waals surface area (Å²) in [4.78, 5) is 4.79. The second-order valence-corrected chi connectivity index (χ2v) is 11.8. The molecule has 0 amide bonds. The average Bonchev–Trinajstić information content (AvgIpc) is 3.13. The summed E-state index contributed by atoms with van der Waals surface area (Å²) in [5, 5.41) is 9.83. The smallest absolute Gasteiger partial charge is 0 e. The molecule has 8 aromatic carbocycles. The van der Waals surface area contributed by atoms with Gasteiger partial charge in [-0.3, -0.25) is 4.98 Å². The zero-order chi connectivity index (χ0) is 30.5. The van der Waals surface area contributed by atoms with Crippen LogP contribution in [0.25, 0.3) is 87.7 Å². The SMILES string of the molecule is [Y].[c-]1ccccc1-c1[c-]c(-c2ccc3c(-c4ccc5ccccc5c4)c4ccccc4c(-c4ccc5ccccc5c4)c3c2)ncc1. The summed E-state index contributed by atoms with van der Waals surface area (Å²) in [5.74, 6) is 0. The molecule has 0 unspecified atom stereocenters. The van der Waals surface area contributed by atoms with Gasteiger partial charge in [0.1, 0.15) is 0 Å². The predicted molar refractivity (Wildman–Crippen MR) is 194 cm³/mol. The summed E-state index contributed by atoms with van der Waals surface area (Å²) in [6.45, 7) is 0. The number of pyridine rings is 1. The topological polar surface area (TPSA) is 12.9 Å². The van der Waals surface area contributed by atoms with E-state index in [2.05, 4.69) is 146 Å². The molecule has 0 saturated heterocycles. The largest absolute Gasteiger partial charge is 0.288 e. The van der Waals surface area contributed by atoms with Crippen molar-refractivity contribution in [3.05, 3.63) is 176 Å². The molecule has 0 atom stereocenters. The van der Waals surface area contributed by atoms with Crippen molar-refractivity contribution < 1.29 is 32.7 Å². The molecule has 0 aliphatic heterocycles. The summed E-state index contributed by atoms with van der Waals surface area (Å²) in [6.07, 6.45) is 1.87. The third kappa shape index (κ3) is 5.27. The molecule has 9 rings (SSSR count). The Kier molecular flexibility index (Phi) is 7.73. The molecule has 0 aliphatic carbocycles. The van der Waals surface area contributed by atoms with Gasteiger partial charge in [-0.1, -0.05) is 121 Å². The molecule has 0 bridgehead atoms. The first-order chi connectivity index (χ1) is 22.8. The fourth-order valence-corrected chi connectivity index (χ4v) is 6.89. The Labute approximate surface area is 299 Å². The normalized spacial score (nSPS) is 11.2. The molecule has 1 heterocycles. The van der Waals surface area contributed by atoms with Gasteiger partial charge in [-0.05, 0) is 89.4 Å². The van der Waals surface area contributed by atoms with E-state index in [1.807, 2.05) is 30.5 Å². The Balaban J connectivity index is 0.00000324. The van der Waals surface area contributed by atoms with Crippen molar-refractivity contribution in [3.63, 3.8) is 0 Å². The molecule has 2 heteroatoms. The maximum absolute atomic E-state index is 4.79. The second-order valence-electron chi connectivity index (χ2n) is 11.8. The van der Waals surface area contributed by atoms with Crippen LogP contribution in [-0.4, -0.2) is 4.98 Å². The standard InChI is InChI=1S/C45H27N.Y/c1-2-10-30(11-3-1)35-24-25-46-43(29-35)36-22-23-41-42(28-36)45(38-21-19-32-13-5-7-15-34(32)27-38)40-17-9-8-16-39(40)44(41)37-20-18-31-12-4-6-14-33(31)26-37;/h1-10,12-28H;/q-2;. The van der Waals surface area contributed by atoms with Crippen molar-refractivity contribution >= 4 is 43.1 Å². The number of nitrogens with zero attached hydrogens (tertiary/aromatic N) is 1. The summed E-state index contributed by atoms with van der Waals surface area (Å²) < 4.78 is 0. The van der Waals surface area contributed by atoms with Crippen LogP contribution in [0.4, 0.5) is 0 Å². The number of rotatable bonds is 4. The number of aromatic nitrogens is 1. The van der Waals surface area contributed by atoms with Crippen LogP contribution in [0.2, 0.25) is 0 Å². The molecule has 0 spiro atoms. The van der Waals surface area contributed by atoms with E-state index in [-0.39, 0.29) is 32.7 Å². The number of benzene rings is 8. The van der Waals surface area contributed by atoms with Crippen LogP contribution in [0.5, 0.6) is 0 Å². The van der Waals surface area contributed by atoms with Crippen LogP contribution in [-0.2, 0) is 32.7 Å². The summed E-state index contributed by atoms with van der Waals surface area (Å²) >= 11 is 0. The quantitative estimate of drug-likeness (QED) is 0.134. The number of hydrogen-bond donors (Lipinski definition) is 0. The molecule has 0 aliphatic rings. The summed E-state index contributed by atoms with van der Waals surface area (Å²) in [5.41, 5.74) is 8.74. The van der Waals surface area contributed by atoms with Crippen LogP contribution in [0, 0.1) is 12.1 Å². The molecular weight excluding hydrogens is 643 g/mol. The van der Waals surface area contributed by atoms with Crippen LogP contribution in [0.15, 0.2) is 164 Å². The maximum Gasteiger partial charge on any atom is 0 e. The van der Waals surface area contributed by atoms with E-state index in [0.29, 0.717) is 0 Å². The van der Waals surface area contributed by atoms with Gasteiger partial charge in [0.05, 0.1) is 0 Å². The van der Waals surface area contributed by atoms with Crippen LogP contribution in [0.1, 0.15) is 0 Å². The fraction of sp³-hybridized carbons (Fsp3) is 0. The van der Waals surface area contributed by atoms with Crippen molar-refractivity contribution in [1.82, 2.24) is 4.98 Å². The van der Waals surface area contributed by atoms with E-state index in [9.17, 15) is 0 Å². The fourth-order valence-electron chi connectivity index (χ4n) is 6.89. The van der Waals surface area contributed by atoms with E-state index in [1.54, 1.807) is 0 Å². The van der Waals surface area contributed by atoms with Gasteiger partial charge in [-0.25, -0.2) is 11.1 Å². The van der Waals surface area contributed by atoms with Crippen LogP contribution < -0.4 is 0 Å². The molecule has 0 fully saturated rings. The first kappa shape index (κ1) is 29.5. The van der Waals surface area contributed by atoms with E-state index in [1.165, 1.54) is 65.3 Å². The first-order valence-corrected chi connectivity index (χ1v) is 15.6. The van der Waals surface area contributed by atoms with Crippen LogP contribution in [0.3, 0.4) is 0 Å². The first-order valence-electron chi connectivity index (χ1n) is 15.6. The van der Waals surface area contributed by atoms with Crippen molar-refractivity contribution in [3.8, 4) is 44.6 Å². The Morgan fingerprint density at radius 2 is 0.957 bits per heavy atom. The average molecular weight is 671 g/mol. The van der Waals surface area contributed by atoms with Gasteiger partial charge >= 0.3 is 0 Å². The van der Waals surface area contributed by atoms with Crippen molar-refractivity contribution in [2.24, 2.45) is 0 Å². The Bertz CT molecular complexity index is 2590. The maximum atomic E-state index is 4.79. The van der Waals surface area contributed by atoms with E-state index in [0.717, 1.165) is 22.4 Å². The minimum atomic E-state index is 0. The van der Waals surface area contributed by atoms with Gasteiger partial charge in [0.2, 0.25) is 0 Å². The molecule has 47 heavy (non-hydrogen) atoms. The van der Waals surface area contributed by atoms with Crippen molar-refractivity contribution in [1.29, 1.82) is 0 Å². The van der Waals surface area contributed by atoms with E-state index in [4.69, 9.17) is 4.98 Å². The Hall–Kier alpha value is -4.95. The molecule has 1 aromatic heterocycles. The predicted octanol–water partition coefficient (Wildman–Crippen LogP) is 12.0. The van der Waals surface area contributed by atoms with Gasteiger partial charge in [0.25, 0.3) is 0 Å². The van der Waals surface area contributed by atoms with Crippen molar-refractivity contribution in [2.75, 3.05) is 0 Å². The molecule has 1 nitrogen and oxygen atoms in total. The number of fused-ring (bicyclic) bond motifs is 4. The molecule has 217 valence electrons. The van der Waals surface area contributed by atoms with Gasteiger partial charge in [0, 0.05) is 32.7 Å². The van der Waals surface area contributed by atoms with E-state index >= 15 is 0 Å². The molecule has 1 radical (unpaired) electrons. The summed E-state index contributed by atoms with van der Waals surface area (Å²) in [7, 11) is 0. The minimum absolute atomic E-state index is 0. The monoisotopic (exact) mass is 670 g/mol. The van der Waals surface area contributed by atoms with Gasteiger partial charge < -0.3 is 0 Å². The summed E-state index contributed by atoms with van der Waals surface area (Å²) in [6, 6.07) is 63.4. The number of hydrogen-bond acceptors (Lipinski definition) is 1. The third-order valence-corrected chi connectivity index (χ3v) is 9.07. The van der Waals surface area contributed by atoms with Gasteiger partial charge in [-0.2, -0.15) is 36.4 Å². The molecule has 0 saturated carbocycles. The zero-order valence-corrected chi connectivity index (χ0v) is 28.5.